The molecule has 11 nitrogen and oxygen atoms in total. The van der Waals surface area contributed by atoms with Crippen LogP contribution in [0.4, 0.5) is 17.3 Å². The molecular formula is C28H29N9O2. The molecule has 1 amide bonds. The minimum atomic E-state index is -0.118. The van der Waals surface area contributed by atoms with Gasteiger partial charge in [0, 0.05) is 46.0 Å². The van der Waals surface area contributed by atoms with Gasteiger partial charge in [0.1, 0.15) is 34.7 Å². The van der Waals surface area contributed by atoms with Crippen LogP contribution in [0.25, 0.3) is 22.1 Å². The summed E-state index contributed by atoms with van der Waals surface area (Å²) in [5, 5.41) is 11.6. The van der Waals surface area contributed by atoms with Gasteiger partial charge in [-0.2, -0.15) is 0 Å². The number of rotatable bonds is 9. The third-order valence-electron chi connectivity index (χ3n) is 6.43. The number of benzene rings is 2. The summed E-state index contributed by atoms with van der Waals surface area (Å²) in [4.78, 5) is 29.0. The Morgan fingerprint density at radius 1 is 1.08 bits per heavy atom. The van der Waals surface area contributed by atoms with Crippen molar-refractivity contribution in [3.63, 3.8) is 0 Å². The predicted octanol–water partition coefficient (Wildman–Crippen LogP) is 4.23. The zero-order valence-corrected chi connectivity index (χ0v) is 22.3. The van der Waals surface area contributed by atoms with Crippen molar-refractivity contribution in [2.45, 2.75) is 6.92 Å². The molecule has 198 valence electrons. The fourth-order valence-electron chi connectivity index (χ4n) is 4.10. The molecule has 0 saturated carbocycles. The smallest absolute Gasteiger partial charge is 0.245 e. The summed E-state index contributed by atoms with van der Waals surface area (Å²) in [5.41, 5.74) is 4.87. The molecule has 0 spiro atoms. The van der Waals surface area contributed by atoms with Gasteiger partial charge in [-0.05, 0) is 61.0 Å². The van der Waals surface area contributed by atoms with Gasteiger partial charge < -0.3 is 19.9 Å². The summed E-state index contributed by atoms with van der Waals surface area (Å²) in [5.74, 6) is 2.65. The number of aryl methyl sites for hydroxylation is 2. The molecule has 5 aromatic rings. The minimum Gasteiger partial charge on any atom is -0.457 e. The van der Waals surface area contributed by atoms with E-state index >= 15 is 0 Å². The first-order valence-corrected chi connectivity index (χ1v) is 12.4. The van der Waals surface area contributed by atoms with Gasteiger partial charge >= 0.3 is 0 Å². The third-order valence-corrected chi connectivity index (χ3v) is 6.43. The fourth-order valence-corrected chi connectivity index (χ4v) is 4.10. The van der Waals surface area contributed by atoms with Crippen molar-refractivity contribution in [3.8, 4) is 11.5 Å². The summed E-state index contributed by atoms with van der Waals surface area (Å²) in [6, 6.07) is 15.4. The molecule has 3 aromatic heterocycles. The molecule has 39 heavy (non-hydrogen) atoms. The molecular weight excluding hydrogens is 494 g/mol. The first kappa shape index (κ1) is 25.6. The van der Waals surface area contributed by atoms with Gasteiger partial charge in [0.05, 0.1) is 11.0 Å². The highest BCUT2D eigenvalue weighted by atomic mass is 16.5. The maximum Gasteiger partial charge on any atom is 0.245 e. The Hall–Kier alpha value is -5.06. The Labute approximate surface area is 225 Å². The molecule has 0 unspecified atom stereocenters. The number of fused-ring (bicyclic) bond motifs is 2. The number of anilines is 3. The first-order chi connectivity index (χ1) is 18.8. The number of aromatic nitrogens is 6. The van der Waals surface area contributed by atoms with Crippen molar-refractivity contribution in [1.29, 1.82) is 0 Å². The number of amides is 1. The van der Waals surface area contributed by atoms with E-state index in [4.69, 9.17) is 9.72 Å². The Kier molecular flexibility index (Phi) is 7.04. The second-order valence-corrected chi connectivity index (χ2v) is 9.22. The van der Waals surface area contributed by atoms with Crippen LogP contribution >= 0.6 is 0 Å². The zero-order valence-electron chi connectivity index (χ0n) is 22.3. The van der Waals surface area contributed by atoms with Gasteiger partial charge in [0.25, 0.3) is 0 Å². The predicted molar refractivity (Wildman–Crippen MR) is 151 cm³/mol. The number of hydrogen-bond donors (Lipinski definition) is 1. The Bertz CT molecular complexity index is 1680. The Morgan fingerprint density at radius 3 is 2.72 bits per heavy atom. The van der Waals surface area contributed by atoms with E-state index in [0.717, 1.165) is 39.4 Å². The van der Waals surface area contributed by atoms with Gasteiger partial charge in [-0.15, -0.1) is 5.10 Å². The van der Waals surface area contributed by atoms with E-state index in [-0.39, 0.29) is 5.91 Å². The summed E-state index contributed by atoms with van der Waals surface area (Å²) in [7, 11) is 5.53. The summed E-state index contributed by atoms with van der Waals surface area (Å²) >= 11 is 0. The lowest BCUT2D eigenvalue weighted by Gasteiger charge is -2.22. The molecule has 11 heteroatoms. The maximum atomic E-state index is 11.8. The molecule has 0 fully saturated rings. The molecule has 0 aliphatic heterocycles. The lowest BCUT2D eigenvalue weighted by molar-refractivity contribution is -0.124. The van der Waals surface area contributed by atoms with Gasteiger partial charge in [-0.1, -0.05) is 11.8 Å². The number of ether oxygens (including phenoxy) is 1. The number of pyridine rings is 1. The van der Waals surface area contributed by atoms with Crippen LogP contribution in [0.2, 0.25) is 0 Å². The Morgan fingerprint density at radius 2 is 1.92 bits per heavy atom. The van der Waals surface area contributed by atoms with Gasteiger partial charge in [-0.25, -0.2) is 19.6 Å². The average Bonchev–Trinajstić information content (AvgIpc) is 3.32. The third kappa shape index (κ3) is 5.47. The molecule has 0 bridgehead atoms. The zero-order chi connectivity index (χ0) is 27.5. The molecule has 0 radical (unpaired) electrons. The highest BCUT2D eigenvalue weighted by molar-refractivity contribution is 5.88. The van der Waals surface area contributed by atoms with E-state index in [2.05, 4.69) is 32.2 Å². The molecule has 5 rings (SSSR count). The van der Waals surface area contributed by atoms with E-state index in [1.54, 1.807) is 16.6 Å². The number of nitrogens with one attached hydrogen (secondary N) is 1. The van der Waals surface area contributed by atoms with Gasteiger partial charge in [-0.3, -0.25) is 4.79 Å². The van der Waals surface area contributed by atoms with Crippen LogP contribution in [0.3, 0.4) is 0 Å². The maximum absolute atomic E-state index is 11.8. The van der Waals surface area contributed by atoms with Crippen molar-refractivity contribution in [2.24, 2.45) is 7.05 Å². The number of carbonyl (C=O) groups excluding carboxylic acids is 1. The fraction of sp³-hybridized carbons (Fsp3) is 0.214. The van der Waals surface area contributed by atoms with Crippen molar-refractivity contribution in [2.75, 3.05) is 37.4 Å². The molecule has 1 N–H and O–H groups in total. The largest absolute Gasteiger partial charge is 0.457 e. The molecule has 0 aliphatic carbocycles. The second kappa shape index (κ2) is 10.7. The standard InChI is InChI=1S/C28H29N9O2/c1-6-26(38)36(4)14-13-35(3)25-12-9-21-27(32-25)28(30-17-29-21)31-19-7-11-24(18(2)15-19)39-20-8-10-23-22(16-20)33-34-37(23)5/h6-12,15-17H,1,13-14H2,2-5H3,(H,29,30,31). The van der Waals surface area contributed by atoms with E-state index in [0.29, 0.717) is 30.2 Å². The normalized spacial score (nSPS) is 11.0. The SMILES string of the molecule is C=CC(=O)N(C)CCN(C)c1ccc2ncnc(Nc3ccc(Oc4ccc5c(c4)nnn5C)c(C)c3)c2n1. The number of likely N-dealkylation sites (N-methyl/N-ethyl adjacent to an activating group) is 2. The highest BCUT2D eigenvalue weighted by Gasteiger charge is 2.12. The number of carbonyl (C=O) groups is 1. The molecule has 0 saturated heterocycles. The lowest BCUT2D eigenvalue weighted by atomic mass is 10.2. The molecule has 0 atom stereocenters. The number of nitrogens with zero attached hydrogens (tertiary/aromatic N) is 8. The Balaban J connectivity index is 1.33. The topological polar surface area (TPSA) is 114 Å². The van der Waals surface area contributed by atoms with Crippen molar-refractivity contribution >= 4 is 45.3 Å². The average molecular weight is 524 g/mol. The first-order valence-electron chi connectivity index (χ1n) is 12.4. The van der Waals surface area contributed by atoms with Crippen LogP contribution in [-0.2, 0) is 11.8 Å². The van der Waals surface area contributed by atoms with E-state index in [1.165, 1.54) is 12.4 Å². The van der Waals surface area contributed by atoms with Crippen LogP contribution in [0, 0.1) is 6.92 Å². The molecule has 3 heterocycles. The van der Waals surface area contributed by atoms with Crippen molar-refractivity contribution < 1.29 is 9.53 Å². The minimum absolute atomic E-state index is 0.118. The summed E-state index contributed by atoms with van der Waals surface area (Å²) < 4.78 is 7.85. The van der Waals surface area contributed by atoms with Gasteiger partial charge in [0.15, 0.2) is 5.82 Å². The van der Waals surface area contributed by atoms with E-state index in [9.17, 15) is 4.79 Å². The molecule has 0 aliphatic rings. The monoisotopic (exact) mass is 523 g/mol. The number of hydrogen-bond acceptors (Lipinski definition) is 9. The second-order valence-electron chi connectivity index (χ2n) is 9.22. The lowest BCUT2D eigenvalue weighted by Crippen LogP contribution is -2.34. The quantitative estimate of drug-likeness (QED) is 0.283. The van der Waals surface area contributed by atoms with Crippen LogP contribution in [0.5, 0.6) is 11.5 Å². The van der Waals surface area contributed by atoms with Gasteiger partial charge in [0.2, 0.25) is 5.91 Å². The molecule has 2 aromatic carbocycles. The van der Waals surface area contributed by atoms with Crippen LogP contribution < -0.4 is 15.0 Å². The van der Waals surface area contributed by atoms with E-state index in [1.807, 2.05) is 74.4 Å². The van der Waals surface area contributed by atoms with Crippen molar-refractivity contribution in [1.82, 2.24) is 34.8 Å². The van der Waals surface area contributed by atoms with Crippen LogP contribution in [0.1, 0.15) is 5.56 Å². The summed E-state index contributed by atoms with van der Waals surface area (Å²) in [6.45, 7) is 6.67. The van der Waals surface area contributed by atoms with E-state index < -0.39 is 0 Å². The van der Waals surface area contributed by atoms with Crippen LogP contribution in [0.15, 0.2) is 67.5 Å². The summed E-state index contributed by atoms with van der Waals surface area (Å²) in [6.07, 6.45) is 2.82. The van der Waals surface area contributed by atoms with Crippen molar-refractivity contribution in [3.05, 3.63) is 73.1 Å². The van der Waals surface area contributed by atoms with Crippen LogP contribution in [-0.4, -0.2) is 67.9 Å². The highest BCUT2D eigenvalue weighted by Crippen LogP contribution is 2.31.